The predicted molar refractivity (Wildman–Crippen MR) is 136 cm³/mol. The van der Waals surface area contributed by atoms with Crippen LogP contribution in [0.4, 0.5) is 5.69 Å². The summed E-state index contributed by atoms with van der Waals surface area (Å²) in [4.78, 5) is 29.8. The highest BCUT2D eigenvalue weighted by atomic mass is 16.5. The molecule has 6 heteroatoms. The van der Waals surface area contributed by atoms with Crippen molar-refractivity contribution in [2.75, 3.05) is 31.1 Å². The van der Waals surface area contributed by atoms with Gasteiger partial charge in [0.2, 0.25) is 0 Å². The molecule has 1 aliphatic rings. The number of benzene rings is 2. The van der Waals surface area contributed by atoms with Crippen molar-refractivity contribution in [1.29, 1.82) is 0 Å². The minimum absolute atomic E-state index is 0.120. The van der Waals surface area contributed by atoms with Crippen molar-refractivity contribution in [3.05, 3.63) is 65.2 Å². The molecular formula is C28H36N2O4. The lowest BCUT2D eigenvalue weighted by Gasteiger charge is -2.26. The molecule has 0 aromatic heterocycles. The summed E-state index contributed by atoms with van der Waals surface area (Å²) in [6.45, 7) is 13.0. The van der Waals surface area contributed by atoms with E-state index in [0.717, 1.165) is 24.3 Å². The molecule has 1 amide bonds. The molecule has 2 aromatic rings. The monoisotopic (exact) mass is 464 g/mol. The summed E-state index contributed by atoms with van der Waals surface area (Å²) in [5.74, 6) is -0.438. The zero-order chi connectivity index (χ0) is 24.8. The minimum atomic E-state index is -0.655. The Morgan fingerprint density at radius 2 is 1.74 bits per heavy atom. The number of hydrogen-bond acceptors (Lipinski definition) is 5. The van der Waals surface area contributed by atoms with Crippen LogP contribution in [0.2, 0.25) is 0 Å². The molecule has 1 atom stereocenters. The van der Waals surface area contributed by atoms with Gasteiger partial charge in [0.05, 0.1) is 18.2 Å². The van der Waals surface area contributed by atoms with Gasteiger partial charge in [0.15, 0.2) is 0 Å². The summed E-state index contributed by atoms with van der Waals surface area (Å²) in [6.07, 6.45) is 0.708. The Bertz CT molecular complexity index is 1040. The maximum atomic E-state index is 13.1. The van der Waals surface area contributed by atoms with Crippen LogP contribution in [0.1, 0.15) is 58.2 Å². The highest BCUT2D eigenvalue weighted by Crippen LogP contribution is 2.40. The Labute approximate surface area is 202 Å². The molecule has 2 aromatic carbocycles. The Kier molecular flexibility index (Phi) is 8.37. The first-order chi connectivity index (χ1) is 16.3. The molecule has 1 heterocycles. The fourth-order valence-electron chi connectivity index (χ4n) is 4.31. The lowest BCUT2D eigenvalue weighted by molar-refractivity contribution is -0.139. The Morgan fingerprint density at radius 1 is 1.06 bits per heavy atom. The summed E-state index contributed by atoms with van der Waals surface area (Å²) >= 11 is 0. The van der Waals surface area contributed by atoms with E-state index in [-0.39, 0.29) is 11.3 Å². The largest absolute Gasteiger partial charge is 0.507 e. The van der Waals surface area contributed by atoms with Crippen LogP contribution < -0.4 is 9.64 Å². The fourth-order valence-corrected chi connectivity index (χ4v) is 4.31. The van der Waals surface area contributed by atoms with E-state index in [1.807, 2.05) is 37.3 Å². The first-order valence-corrected chi connectivity index (χ1v) is 12.2. The van der Waals surface area contributed by atoms with Crippen molar-refractivity contribution >= 4 is 23.1 Å². The number of aliphatic hydroxyl groups is 1. The van der Waals surface area contributed by atoms with Gasteiger partial charge in [-0.25, -0.2) is 0 Å². The summed E-state index contributed by atoms with van der Waals surface area (Å²) in [5.41, 5.74) is 2.46. The van der Waals surface area contributed by atoms with Crippen LogP contribution >= 0.6 is 0 Å². The molecule has 0 aliphatic carbocycles. The summed E-state index contributed by atoms with van der Waals surface area (Å²) in [7, 11) is 0. The van der Waals surface area contributed by atoms with Crippen molar-refractivity contribution in [2.45, 2.75) is 47.1 Å². The number of Topliss-reactive ketones (excluding diaryl/α,β-unsaturated/α-hetero) is 1. The fraction of sp³-hybridized carbons (Fsp3) is 0.429. The molecule has 0 bridgehead atoms. The van der Waals surface area contributed by atoms with Crippen molar-refractivity contribution in [1.82, 2.24) is 4.90 Å². The van der Waals surface area contributed by atoms with Gasteiger partial charge in [-0.1, -0.05) is 45.0 Å². The standard InChI is InChI=1S/C28H36N2O4/c1-6-16-30-25(20-12-14-22(15-13-20)29(7-2)8-3)24(27(32)28(30)33)26(31)21-10-9-11-23(17-21)34-18-19(4)5/h9-15,17,19,25,31H,6-8,16,18H2,1-5H3/b26-24-. The quantitative estimate of drug-likeness (QED) is 0.290. The number of aliphatic hydroxyl groups excluding tert-OH is 1. The predicted octanol–water partition coefficient (Wildman–Crippen LogP) is 5.40. The van der Waals surface area contributed by atoms with Gasteiger partial charge in [-0.05, 0) is 56.0 Å². The van der Waals surface area contributed by atoms with Gasteiger partial charge in [0.25, 0.3) is 11.7 Å². The Morgan fingerprint density at radius 3 is 2.32 bits per heavy atom. The minimum Gasteiger partial charge on any atom is -0.507 e. The molecule has 182 valence electrons. The third kappa shape index (κ3) is 5.27. The summed E-state index contributed by atoms with van der Waals surface area (Å²) in [5, 5.41) is 11.3. The molecule has 1 fully saturated rings. The van der Waals surface area contributed by atoms with Gasteiger partial charge in [0.1, 0.15) is 11.5 Å². The first-order valence-electron chi connectivity index (χ1n) is 12.2. The first kappa shape index (κ1) is 25.3. The van der Waals surface area contributed by atoms with Crippen molar-refractivity contribution in [2.24, 2.45) is 5.92 Å². The smallest absolute Gasteiger partial charge is 0.295 e. The SMILES string of the molecule is CCCN1C(=O)C(=O)/C(=C(\O)c2cccc(OCC(C)C)c2)C1c1ccc(N(CC)CC)cc1. The second kappa shape index (κ2) is 11.2. The lowest BCUT2D eigenvalue weighted by Crippen LogP contribution is -2.30. The summed E-state index contributed by atoms with van der Waals surface area (Å²) < 4.78 is 5.80. The number of anilines is 1. The van der Waals surface area contributed by atoms with E-state index in [4.69, 9.17) is 4.74 Å². The van der Waals surface area contributed by atoms with Gasteiger partial charge in [-0.2, -0.15) is 0 Å². The number of carbonyl (C=O) groups excluding carboxylic acids is 2. The Hall–Kier alpha value is -3.28. The number of carbonyl (C=O) groups is 2. The molecule has 0 saturated carbocycles. The van der Waals surface area contributed by atoms with E-state index >= 15 is 0 Å². The second-order valence-electron chi connectivity index (χ2n) is 8.99. The van der Waals surface area contributed by atoms with E-state index in [1.165, 1.54) is 0 Å². The van der Waals surface area contributed by atoms with Gasteiger partial charge >= 0.3 is 0 Å². The average Bonchev–Trinajstić information content (AvgIpc) is 3.09. The van der Waals surface area contributed by atoms with Crippen LogP contribution in [0.5, 0.6) is 5.75 Å². The second-order valence-corrected chi connectivity index (χ2v) is 8.99. The van der Waals surface area contributed by atoms with E-state index in [2.05, 4.69) is 32.6 Å². The lowest BCUT2D eigenvalue weighted by atomic mass is 9.95. The molecule has 1 unspecified atom stereocenters. The van der Waals surface area contributed by atoms with Gasteiger partial charge in [0, 0.05) is 30.9 Å². The van der Waals surface area contributed by atoms with Crippen molar-refractivity contribution < 1.29 is 19.4 Å². The molecule has 3 rings (SSSR count). The molecule has 0 radical (unpaired) electrons. The molecule has 1 N–H and O–H groups in total. The third-order valence-electron chi connectivity index (χ3n) is 6.03. The highest BCUT2D eigenvalue weighted by Gasteiger charge is 2.45. The van der Waals surface area contributed by atoms with E-state index < -0.39 is 17.7 Å². The molecule has 6 nitrogen and oxygen atoms in total. The maximum absolute atomic E-state index is 13.1. The normalized spacial score (nSPS) is 17.5. The van der Waals surface area contributed by atoms with Crippen LogP contribution in [0, 0.1) is 5.92 Å². The molecule has 1 saturated heterocycles. The van der Waals surface area contributed by atoms with Crippen molar-refractivity contribution in [3.8, 4) is 5.75 Å². The maximum Gasteiger partial charge on any atom is 0.295 e. The number of rotatable bonds is 10. The summed E-state index contributed by atoms with van der Waals surface area (Å²) in [6, 6.07) is 14.3. The van der Waals surface area contributed by atoms with Crippen LogP contribution in [-0.2, 0) is 9.59 Å². The van der Waals surface area contributed by atoms with Crippen molar-refractivity contribution in [3.63, 3.8) is 0 Å². The van der Waals surface area contributed by atoms with Gasteiger partial charge in [-0.3, -0.25) is 9.59 Å². The average molecular weight is 465 g/mol. The van der Waals surface area contributed by atoms with Crippen LogP contribution in [0.25, 0.3) is 5.76 Å². The van der Waals surface area contributed by atoms with E-state index in [9.17, 15) is 14.7 Å². The molecule has 0 spiro atoms. The van der Waals surface area contributed by atoms with Gasteiger partial charge < -0.3 is 19.6 Å². The van der Waals surface area contributed by atoms with Crippen LogP contribution in [0.3, 0.4) is 0 Å². The number of likely N-dealkylation sites (tertiary alicyclic amines) is 1. The third-order valence-corrected chi connectivity index (χ3v) is 6.03. The molecular weight excluding hydrogens is 428 g/mol. The number of ether oxygens (including phenoxy) is 1. The highest BCUT2D eigenvalue weighted by molar-refractivity contribution is 6.46. The number of nitrogens with zero attached hydrogens (tertiary/aromatic N) is 2. The number of ketones is 1. The van der Waals surface area contributed by atoms with Crippen LogP contribution in [-0.4, -0.2) is 47.9 Å². The molecule has 34 heavy (non-hydrogen) atoms. The van der Waals surface area contributed by atoms with E-state index in [1.54, 1.807) is 23.1 Å². The zero-order valence-electron chi connectivity index (χ0n) is 20.9. The zero-order valence-corrected chi connectivity index (χ0v) is 20.9. The number of amides is 1. The van der Waals surface area contributed by atoms with Crippen LogP contribution in [0.15, 0.2) is 54.1 Å². The van der Waals surface area contributed by atoms with Gasteiger partial charge in [-0.15, -0.1) is 0 Å². The Balaban J connectivity index is 2.06. The number of hydrogen-bond donors (Lipinski definition) is 1. The van der Waals surface area contributed by atoms with E-state index in [0.29, 0.717) is 36.8 Å². The molecule has 1 aliphatic heterocycles. The topological polar surface area (TPSA) is 70.1 Å².